The first-order valence-electron chi connectivity index (χ1n) is 3.14. The van der Waals surface area contributed by atoms with Crippen molar-refractivity contribution in [3.63, 3.8) is 0 Å². The molecule has 9 nitrogen and oxygen atoms in total. The van der Waals surface area contributed by atoms with Crippen molar-refractivity contribution in [1.82, 2.24) is 10.6 Å². The fourth-order valence-electron chi connectivity index (χ4n) is 0.537. The zero-order valence-electron chi connectivity index (χ0n) is 6.91. The molecule has 0 aromatic heterocycles. The molecule has 0 saturated heterocycles. The summed E-state index contributed by atoms with van der Waals surface area (Å²) in [7, 11) is -9.73. The lowest BCUT2D eigenvalue weighted by molar-refractivity contribution is -0.207. The normalized spacial score (nSPS) is 21.5. The second-order valence-electron chi connectivity index (χ2n) is 2.23. The predicted octanol–water partition coefficient (Wildman–Crippen LogP) is -2.71. The average Bonchev–Trinajstić information content (AvgIpc) is 1.95. The number of hydrogen-bond donors (Lipinski definition) is 4. The summed E-state index contributed by atoms with van der Waals surface area (Å²) >= 11 is 0. The summed E-state index contributed by atoms with van der Waals surface area (Å²) in [5.41, 5.74) is -2.74. The van der Waals surface area contributed by atoms with E-state index in [-0.39, 0.29) is 0 Å². The summed E-state index contributed by atoms with van der Waals surface area (Å²) < 4.78 is 20.9. The minimum Gasteiger partial charge on any atom is -0.777 e. The summed E-state index contributed by atoms with van der Waals surface area (Å²) in [6.07, 6.45) is 0. The van der Waals surface area contributed by atoms with Gasteiger partial charge in [-0.25, -0.2) is 4.79 Å². The van der Waals surface area contributed by atoms with Crippen molar-refractivity contribution in [3.8, 4) is 0 Å². The molecule has 0 aliphatic rings. The standard InChI is InChI=1S/C3H10N2O7P2/c1-4-2(6)5-3(13(7,8)9)14(10,11)12/h3H,1H3,(H2,4,5,6)(H2,7,8,9)(H2,10,11,12)/p-2. The zero-order chi connectivity index (χ0) is 11.6. The van der Waals surface area contributed by atoms with E-state index in [1.54, 1.807) is 0 Å². The summed E-state index contributed by atoms with van der Waals surface area (Å²) in [5, 5.41) is 3.19. The van der Waals surface area contributed by atoms with Crippen LogP contribution in [0.25, 0.3) is 0 Å². The van der Waals surface area contributed by atoms with Gasteiger partial charge in [0.15, 0.2) is 20.7 Å². The first-order chi connectivity index (χ1) is 6.09. The van der Waals surface area contributed by atoms with Gasteiger partial charge in [0.2, 0.25) is 0 Å². The van der Waals surface area contributed by atoms with Crippen molar-refractivity contribution in [3.05, 3.63) is 0 Å². The summed E-state index contributed by atoms with van der Waals surface area (Å²) in [5.74, 6) is 0. The zero-order valence-corrected chi connectivity index (χ0v) is 8.70. The molecular weight excluding hydrogens is 238 g/mol. The van der Waals surface area contributed by atoms with Crippen molar-refractivity contribution in [2.75, 3.05) is 7.05 Å². The van der Waals surface area contributed by atoms with Crippen molar-refractivity contribution in [2.24, 2.45) is 0 Å². The minimum atomic E-state index is -5.41. The lowest BCUT2D eigenvalue weighted by atomic mass is 10.9. The fraction of sp³-hybridized carbons (Fsp3) is 0.667. The van der Waals surface area contributed by atoms with Crippen LogP contribution in [-0.2, 0) is 9.13 Å². The molecule has 14 heavy (non-hydrogen) atoms. The van der Waals surface area contributed by atoms with Crippen molar-refractivity contribution in [1.29, 1.82) is 0 Å². The summed E-state index contributed by atoms with van der Waals surface area (Å²) in [4.78, 5) is 48.2. The number of carbonyl (C=O) groups is 1. The lowest BCUT2D eigenvalue weighted by Gasteiger charge is -2.33. The van der Waals surface area contributed by atoms with Crippen LogP contribution in [0.15, 0.2) is 0 Å². The molecule has 0 bridgehead atoms. The van der Waals surface area contributed by atoms with Gasteiger partial charge in [-0.05, 0) is 0 Å². The molecule has 0 aromatic rings. The van der Waals surface area contributed by atoms with Gasteiger partial charge in [-0.15, -0.1) is 0 Å². The lowest BCUT2D eigenvalue weighted by Crippen LogP contribution is -2.43. The molecule has 2 atom stereocenters. The van der Waals surface area contributed by atoms with Crippen molar-refractivity contribution >= 4 is 21.2 Å². The van der Waals surface area contributed by atoms with Crippen LogP contribution >= 0.6 is 15.2 Å². The molecule has 0 saturated carbocycles. The average molecular weight is 246 g/mol. The van der Waals surface area contributed by atoms with Gasteiger partial charge < -0.3 is 39.3 Å². The third kappa shape index (κ3) is 4.19. The van der Waals surface area contributed by atoms with E-state index >= 15 is 0 Å². The molecular formula is C3H8N2O7P2-2. The largest absolute Gasteiger partial charge is 0.777 e. The molecule has 0 rings (SSSR count). The van der Waals surface area contributed by atoms with E-state index in [2.05, 4.69) is 0 Å². The third-order valence-electron chi connectivity index (χ3n) is 1.11. The number of amides is 2. The Labute approximate surface area is 78.8 Å². The van der Waals surface area contributed by atoms with Crippen LogP contribution in [0.4, 0.5) is 4.79 Å². The third-order valence-corrected chi connectivity index (χ3v) is 4.35. The number of carbonyl (C=O) groups excluding carboxylic acids is 1. The Morgan fingerprint density at radius 2 is 1.64 bits per heavy atom. The smallest absolute Gasteiger partial charge is 0.315 e. The van der Waals surface area contributed by atoms with E-state index in [1.165, 1.54) is 5.32 Å². The highest BCUT2D eigenvalue weighted by atomic mass is 31.2. The molecule has 2 unspecified atom stereocenters. The van der Waals surface area contributed by atoms with Gasteiger partial charge in [-0.2, -0.15) is 0 Å². The summed E-state index contributed by atoms with van der Waals surface area (Å²) in [6, 6.07) is -1.18. The van der Waals surface area contributed by atoms with Crippen LogP contribution in [0.1, 0.15) is 0 Å². The number of nitrogens with one attached hydrogen (secondary N) is 2. The molecule has 2 amide bonds. The molecule has 0 spiro atoms. The van der Waals surface area contributed by atoms with Crippen LogP contribution in [0, 0.1) is 0 Å². The quantitative estimate of drug-likeness (QED) is 0.393. The number of hydrogen-bond acceptors (Lipinski definition) is 5. The second-order valence-corrected chi connectivity index (χ2v) is 5.92. The molecule has 0 heterocycles. The van der Waals surface area contributed by atoms with E-state index in [0.29, 0.717) is 0 Å². The van der Waals surface area contributed by atoms with Crippen LogP contribution < -0.4 is 20.4 Å². The molecule has 0 aromatic carbocycles. The highest BCUT2D eigenvalue weighted by Crippen LogP contribution is 2.53. The molecule has 0 aliphatic heterocycles. The highest BCUT2D eigenvalue weighted by Gasteiger charge is 2.31. The van der Waals surface area contributed by atoms with Crippen LogP contribution in [0.2, 0.25) is 0 Å². The second kappa shape index (κ2) is 4.39. The van der Waals surface area contributed by atoms with Gasteiger partial charge in [0, 0.05) is 7.05 Å². The Morgan fingerprint density at radius 1 is 1.29 bits per heavy atom. The Morgan fingerprint density at radius 3 is 1.86 bits per heavy atom. The maximum Gasteiger partial charge on any atom is 0.315 e. The van der Waals surface area contributed by atoms with Gasteiger partial charge in [0.05, 0.1) is 0 Å². The molecule has 0 fully saturated rings. The first kappa shape index (κ1) is 13.6. The first-order valence-corrected chi connectivity index (χ1v) is 6.43. The van der Waals surface area contributed by atoms with E-state index in [9.17, 15) is 23.7 Å². The number of rotatable bonds is 3. The van der Waals surface area contributed by atoms with Gasteiger partial charge >= 0.3 is 6.03 Å². The Balaban J connectivity index is 4.87. The van der Waals surface area contributed by atoms with Gasteiger partial charge in [0.1, 0.15) is 0 Å². The summed E-state index contributed by atoms with van der Waals surface area (Å²) in [6.45, 7) is 0. The van der Waals surface area contributed by atoms with Crippen LogP contribution in [0.5, 0.6) is 0 Å². The molecule has 84 valence electrons. The highest BCUT2D eigenvalue weighted by molar-refractivity contribution is 7.69. The predicted molar refractivity (Wildman–Crippen MR) is 41.0 cm³/mol. The maximum atomic E-state index is 10.6. The fourth-order valence-corrected chi connectivity index (χ4v) is 2.57. The molecule has 11 heteroatoms. The van der Waals surface area contributed by atoms with Gasteiger partial charge in [-0.1, -0.05) is 0 Å². The minimum absolute atomic E-state index is 1.09. The van der Waals surface area contributed by atoms with Gasteiger partial charge in [-0.3, -0.25) is 0 Å². The maximum absolute atomic E-state index is 10.6. The molecule has 0 radical (unpaired) electrons. The van der Waals surface area contributed by atoms with E-state index < -0.39 is 26.7 Å². The van der Waals surface area contributed by atoms with E-state index in [4.69, 9.17) is 9.79 Å². The van der Waals surface area contributed by atoms with E-state index in [1.807, 2.05) is 5.32 Å². The molecule has 4 N–H and O–H groups in total. The number of urea groups is 1. The van der Waals surface area contributed by atoms with Gasteiger partial charge in [0.25, 0.3) is 0 Å². The molecule has 0 aliphatic carbocycles. The van der Waals surface area contributed by atoms with Crippen molar-refractivity contribution in [2.45, 2.75) is 5.52 Å². The topological polar surface area (TPSA) is 162 Å². The van der Waals surface area contributed by atoms with Crippen LogP contribution in [-0.4, -0.2) is 28.4 Å². The Kier molecular flexibility index (Phi) is 4.26. The monoisotopic (exact) mass is 246 g/mol. The van der Waals surface area contributed by atoms with Crippen LogP contribution in [0.3, 0.4) is 0 Å². The van der Waals surface area contributed by atoms with Crippen molar-refractivity contribution < 1.29 is 33.5 Å². The Bertz CT molecular complexity index is 282. The Hall–Kier alpha value is -0.430. The van der Waals surface area contributed by atoms with E-state index in [0.717, 1.165) is 7.05 Å². The SMILES string of the molecule is CNC(=O)NC(P(=O)([O-])O)P(=O)([O-])O.